The van der Waals surface area contributed by atoms with Gasteiger partial charge in [-0.25, -0.2) is 4.79 Å². The third-order valence-electron chi connectivity index (χ3n) is 1.98. The molecule has 0 aliphatic heterocycles. The zero-order valence-corrected chi connectivity index (χ0v) is 9.02. The largest absolute Gasteiger partial charge is 0.508 e. The molecule has 1 aromatic rings. The van der Waals surface area contributed by atoms with Gasteiger partial charge in [0.15, 0.2) is 0 Å². The van der Waals surface area contributed by atoms with Gasteiger partial charge in [0.25, 0.3) is 0 Å². The van der Waals surface area contributed by atoms with Crippen LogP contribution in [-0.2, 0) is 16.1 Å². The Morgan fingerprint density at radius 1 is 1.29 bits per heavy atom. The number of carboxylic acid groups (broad SMARTS) is 1. The van der Waals surface area contributed by atoms with Crippen LogP contribution >= 0.6 is 0 Å². The molecule has 0 aliphatic carbocycles. The zero-order valence-electron chi connectivity index (χ0n) is 9.02. The molecule has 3 N–H and O–H groups in total. The Bertz CT molecular complexity index is 339. The first-order valence-corrected chi connectivity index (χ1v) is 4.97. The number of aliphatic hydroxyl groups is 2. The van der Waals surface area contributed by atoms with Crippen molar-refractivity contribution in [3.05, 3.63) is 35.9 Å². The van der Waals surface area contributed by atoms with Gasteiger partial charge in [-0.3, -0.25) is 0 Å². The molecule has 0 fully saturated rings. The smallest absolute Gasteiger partial charge is 0.450 e. The number of hydrogen-bond acceptors (Lipinski definition) is 5. The summed E-state index contributed by atoms with van der Waals surface area (Å²) < 4.78 is 9.39. The zero-order chi connectivity index (χ0) is 12.7. The van der Waals surface area contributed by atoms with Crippen LogP contribution in [0.15, 0.2) is 30.3 Å². The molecular formula is C11H14O6. The molecule has 0 aliphatic rings. The van der Waals surface area contributed by atoms with Crippen LogP contribution in [0.25, 0.3) is 0 Å². The fraction of sp³-hybridized carbons (Fsp3) is 0.364. The van der Waals surface area contributed by atoms with E-state index in [4.69, 9.17) is 14.9 Å². The van der Waals surface area contributed by atoms with Crippen molar-refractivity contribution >= 4 is 6.16 Å². The van der Waals surface area contributed by atoms with E-state index in [-0.39, 0.29) is 6.61 Å². The fourth-order valence-electron chi connectivity index (χ4n) is 1.16. The van der Waals surface area contributed by atoms with Crippen LogP contribution < -0.4 is 0 Å². The number of aliphatic hydroxyl groups excluding tert-OH is 2. The molecule has 1 rings (SSSR count). The highest BCUT2D eigenvalue weighted by molar-refractivity contribution is 5.56. The molecule has 0 saturated carbocycles. The lowest BCUT2D eigenvalue weighted by Crippen LogP contribution is -2.35. The molecule has 0 bridgehead atoms. The monoisotopic (exact) mass is 242 g/mol. The van der Waals surface area contributed by atoms with Crippen LogP contribution in [-0.4, -0.2) is 40.5 Å². The second-order valence-electron chi connectivity index (χ2n) is 3.30. The molecule has 0 amide bonds. The lowest BCUT2D eigenvalue weighted by Gasteiger charge is -2.20. The second kappa shape index (κ2) is 6.85. The summed E-state index contributed by atoms with van der Waals surface area (Å²) in [6.45, 7) is -0.567. The van der Waals surface area contributed by atoms with E-state index in [2.05, 4.69) is 4.74 Å². The first kappa shape index (κ1) is 13.4. The van der Waals surface area contributed by atoms with Crippen molar-refractivity contribution < 1.29 is 29.6 Å². The number of benzene rings is 1. The Balaban J connectivity index is 2.51. The Hall–Kier alpha value is -1.63. The molecule has 0 heterocycles. The van der Waals surface area contributed by atoms with Gasteiger partial charge in [0.2, 0.25) is 6.29 Å². The molecule has 2 unspecified atom stereocenters. The van der Waals surface area contributed by atoms with E-state index in [1.165, 1.54) is 0 Å². The van der Waals surface area contributed by atoms with Crippen molar-refractivity contribution in [3.8, 4) is 0 Å². The van der Waals surface area contributed by atoms with E-state index in [9.17, 15) is 9.90 Å². The Labute approximate surface area is 98.0 Å². The summed E-state index contributed by atoms with van der Waals surface area (Å²) in [5.41, 5.74) is 0.802. The van der Waals surface area contributed by atoms with Crippen LogP contribution in [0.4, 0.5) is 4.79 Å². The predicted molar refractivity (Wildman–Crippen MR) is 57.2 cm³/mol. The Morgan fingerprint density at radius 2 is 1.94 bits per heavy atom. The minimum Gasteiger partial charge on any atom is -0.450 e. The molecule has 0 aromatic heterocycles. The normalized spacial score (nSPS) is 14.0. The molecule has 17 heavy (non-hydrogen) atoms. The van der Waals surface area contributed by atoms with Crippen molar-refractivity contribution in [2.45, 2.75) is 19.0 Å². The minimum absolute atomic E-state index is 0.0792. The minimum atomic E-state index is -1.57. The van der Waals surface area contributed by atoms with Crippen LogP contribution in [0.3, 0.4) is 0 Å². The highest BCUT2D eigenvalue weighted by atomic mass is 16.8. The van der Waals surface area contributed by atoms with Crippen molar-refractivity contribution in [2.75, 3.05) is 6.61 Å². The average Bonchev–Trinajstić information content (AvgIpc) is 2.34. The molecule has 1 aromatic carbocycles. The van der Waals surface area contributed by atoms with Gasteiger partial charge in [0, 0.05) is 0 Å². The van der Waals surface area contributed by atoms with Gasteiger partial charge in [-0.15, -0.1) is 0 Å². The SMILES string of the molecule is O=C(O)OC(OCc1ccccc1)C(O)CO. The van der Waals surface area contributed by atoms with Gasteiger partial charge in [-0.05, 0) is 5.56 Å². The number of carbonyl (C=O) groups is 1. The quantitative estimate of drug-likeness (QED) is 0.498. The van der Waals surface area contributed by atoms with Crippen LogP contribution in [0.5, 0.6) is 0 Å². The molecule has 6 nitrogen and oxygen atoms in total. The highest BCUT2D eigenvalue weighted by Gasteiger charge is 2.23. The number of hydrogen-bond donors (Lipinski definition) is 3. The first-order chi connectivity index (χ1) is 8.13. The standard InChI is InChI=1S/C11H14O6/c12-6-9(13)10(17-11(14)15)16-7-8-4-2-1-3-5-8/h1-5,9-10,12-13H,6-7H2,(H,14,15). The van der Waals surface area contributed by atoms with Crippen LogP contribution in [0.2, 0.25) is 0 Å². The summed E-state index contributed by atoms with van der Waals surface area (Å²) in [6, 6.07) is 8.99. The van der Waals surface area contributed by atoms with E-state index >= 15 is 0 Å². The van der Waals surface area contributed by atoms with Gasteiger partial charge < -0.3 is 24.8 Å². The summed E-state index contributed by atoms with van der Waals surface area (Å²) in [6.07, 6.45) is -4.39. The third kappa shape index (κ3) is 4.81. The summed E-state index contributed by atoms with van der Waals surface area (Å²) in [4.78, 5) is 10.3. The van der Waals surface area contributed by atoms with Crippen LogP contribution in [0.1, 0.15) is 5.56 Å². The van der Waals surface area contributed by atoms with Gasteiger partial charge in [-0.1, -0.05) is 30.3 Å². The van der Waals surface area contributed by atoms with Crippen molar-refractivity contribution in [2.24, 2.45) is 0 Å². The molecule has 0 radical (unpaired) electrons. The van der Waals surface area contributed by atoms with Crippen molar-refractivity contribution in [1.29, 1.82) is 0 Å². The number of ether oxygens (including phenoxy) is 2. The number of rotatable bonds is 6. The molecule has 6 heteroatoms. The molecule has 0 spiro atoms. The average molecular weight is 242 g/mol. The Morgan fingerprint density at radius 3 is 2.47 bits per heavy atom. The van der Waals surface area contributed by atoms with E-state index in [0.29, 0.717) is 0 Å². The fourth-order valence-corrected chi connectivity index (χ4v) is 1.16. The van der Waals surface area contributed by atoms with Gasteiger partial charge in [0.05, 0.1) is 13.2 Å². The van der Waals surface area contributed by atoms with Gasteiger partial charge >= 0.3 is 6.16 Å². The van der Waals surface area contributed by atoms with E-state index < -0.39 is 25.2 Å². The van der Waals surface area contributed by atoms with Gasteiger partial charge in [0.1, 0.15) is 6.10 Å². The molecule has 2 atom stereocenters. The summed E-state index contributed by atoms with van der Waals surface area (Å²) in [5.74, 6) is 0. The maximum absolute atomic E-state index is 10.3. The van der Waals surface area contributed by atoms with E-state index in [0.717, 1.165) is 5.56 Å². The van der Waals surface area contributed by atoms with Crippen LogP contribution in [0, 0.1) is 0 Å². The summed E-state index contributed by atoms with van der Waals surface area (Å²) in [5, 5.41) is 26.4. The molecular weight excluding hydrogens is 228 g/mol. The highest BCUT2D eigenvalue weighted by Crippen LogP contribution is 2.08. The third-order valence-corrected chi connectivity index (χ3v) is 1.98. The maximum Gasteiger partial charge on any atom is 0.508 e. The summed E-state index contributed by atoms with van der Waals surface area (Å²) in [7, 11) is 0. The molecule has 94 valence electrons. The second-order valence-corrected chi connectivity index (χ2v) is 3.30. The predicted octanol–water partition coefficient (Wildman–Crippen LogP) is 0.577. The van der Waals surface area contributed by atoms with Crippen molar-refractivity contribution in [1.82, 2.24) is 0 Å². The lowest BCUT2D eigenvalue weighted by molar-refractivity contribution is -0.184. The van der Waals surface area contributed by atoms with E-state index in [1.54, 1.807) is 24.3 Å². The van der Waals surface area contributed by atoms with E-state index in [1.807, 2.05) is 6.07 Å². The first-order valence-electron chi connectivity index (χ1n) is 4.97. The van der Waals surface area contributed by atoms with Gasteiger partial charge in [-0.2, -0.15) is 0 Å². The maximum atomic E-state index is 10.3. The summed E-state index contributed by atoms with van der Waals surface area (Å²) >= 11 is 0. The Kier molecular flexibility index (Phi) is 5.41. The molecule has 0 saturated heterocycles. The topological polar surface area (TPSA) is 96.2 Å². The lowest BCUT2D eigenvalue weighted by atomic mass is 10.2. The van der Waals surface area contributed by atoms with Crippen molar-refractivity contribution in [3.63, 3.8) is 0 Å².